The minimum absolute atomic E-state index is 0.0570. The molecular weight excluding hydrogens is 414 g/mol. The molecule has 0 saturated carbocycles. The van der Waals surface area contributed by atoms with Gasteiger partial charge in [-0.05, 0) is 36.8 Å². The van der Waals surface area contributed by atoms with Crippen molar-refractivity contribution in [3.05, 3.63) is 52.7 Å². The number of aromatic amines is 1. The summed E-state index contributed by atoms with van der Waals surface area (Å²) in [4.78, 5) is 14.7. The van der Waals surface area contributed by atoms with Crippen LogP contribution in [-0.2, 0) is 0 Å². The number of benzene rings is 2. The number of aliphatic hydroxyl groups excluding tert-OH is 1. The number of hydrogen-bond donors (Lipinski definition) is 3. The number of aromatic hydroxyl groups is 1. The fourth-order valence-electron chi connectivity index (χ4n) is 4.19. The minimum atomic E-state index is -0.591. The Morgan fingerprint density at radius 3 is 2.38 bits per heavy atom. The van der Waals surface area contributed by atoms with E-state index in [-0.39, 0.29) is 24.8 Å². The Hall–Kier alpha value is -3.72. The van der Waals surface area contributed by atoms with Crippen LogP contribution in [0.15, 0.2) is 30.3 Å². The number of nitrogens with zero attached hydrogens (tertiary/aromatic N) is 2. The van der Waals surface area contributed by atoms with E-state index >= 15 is 0 Å². The fraction of sp³-hybridized carbons (Fsp3) is 0.304. The molecule has 2 aromatic carbocycles. The molecule has 0 fully saturated rings. The van der Waals surface area contributed by atoms with E-state index in [4.69, 9.17) is 14.2 Å². The zero-order valence-corrected chi connectivity index (χ0v) is 18.3. The molecule has 0 radical (unpaired) electrons. The smallest absolute Gasteiger partial charge is 0.273 e. The molecule has 3 N–H and O–H groups in total. The third-order valence-corrected chi connectivity index (χ3v) is 5.61. The number of phenolic OH excluding ortho intramolecular Hbond substituents is 1. The quantitative estimate of drug-likeness (QED) is 0.518. The van der Waals surface area contributed by atoms with E-state index < -0.39 is 6.04 Å². The summed E-state index contributed by atoms with van der Waals surface area (Å²) in [5.74, 6) is 1.08. The van der Waals surface area contributed by atoms with Crippen molar-refractivity contribution < 1.29 is 29.2 Å². The number of carbonyl (C=O) groups excluding carboxylic acids is 1. The number of ether oxygens (including phenoxy) is 3. The van der Waals surface area contributed by atoms with E-state index in [1.165, 1.54) is 21.3 Å². The highest BCUT2D eigenvalue weighted by atomic mass is 16.5. The van der Waals surface area contributed by atoms with Crippen molar-refractivity contribution in [2.24, 2.45) is 0 Å². The number of nitrogens with one attached hydrogen (secondary N) is 1. The van der Waals surface area contributed by atoms with Crippen LogP contribution in [0, 0.1) is 6.92 Å². The molecule has 9 heteroatoms. The number of amides is 1. The number of carbonyl (C=O) groups is 1. The molecule has 168 valence electrons. The molecule has 0 saturated heterocycles. The lowest BCUT2D eigenvalue weighted by Crippen LogP contribution is -2.32. The standard InChI is InChI=1S/C23H25N3O6/c1-12-5-6-15(28)14(9-12)19-18-20(25-24-19)23(29)26(7-8-27)21(18)13-10-16(30-2)22(32-4)17(11-13)31-3/h5-6,9-11,21,27-28H,7-8H2,1-4H3,(H,24,25)/t21-/m0/s1. The predicted octanol–water partition coefficient (Wildman–Crippen LogP) is 2.65. The fourth-order valence-corrected chi connectivity index (χ4v) is 4.19. The summed E-state index contributed by atoms with van der Waals surface area (Å²) in [5, 5.41) is 27.4. The Labute approximate surface area is 185 Å². The van der Waals surface area contributed by atoms with Crippen LogP contribution in [0.5, 0.6) is 23.0 Å². The molecule has 0 spiro atoms. The van der Waals surface area contributed by atoms with Gasteiger partial charge in [0.1, 0.15) is 17.1 Å². The van der Waals surface area contributed by atoms with Crippen molar-refractivity contribution in [3.8, 4) is 34.3 Å². The maximum absolute atomic E-state index is 13.2. The summed E-state index contributed by atoms with van der Waals surface area (Å²) in [6.07, 6.45) is 0. The Kier molecular flexibility index (Phi) is 5.67. The van der Waals surface area contributed by atoms with Crippen molar-refractivity contribution in [2.45, 2.75) is 13.0 Å². The monoisotopic (exact) mass is 439 g/mol. The summed E-state index contributed by atoms with van der Waals surface area (Å²) in [6, 6.07) is 8.16. The van der Waals surface area contributed by atoms with Gasteiger partial charge in [-0.15, -0.1) is 0 Å². The molecule has 1 amide bonds. The van der Waals surface area contributed by atoms with Gasteiger partial charge in [0.25, 0.3) is 5.91 Å². The van der Waals surface area contributed by atoms with Crippen LogP contribution in [0.25, 0.3) is 11.3 Å². The molecule has 32 heavy (non-hydrogen) atoms. The number of methoxy groups -OCH3 is 3. The second-order valence-electron chi connectivity index (χ2n) is 7.46. The number of aryl methyl sites for hydroxylation is 1. The molecule has 0 bridgehead atoms. The molecule has 4 rings (SSSR count). The first-order chi connectivity index (χ1) is 15.4. The summed E-state index contributed by atoms with van der Waals surface area (Å²) in [7, 11) is 4.56. The van der Waals surface area contributed by atoms with Crippen LogP contribution >= 0.6 is 0 Å². The molecule has 3 aromatic rings. The van der Waals surface area contributed by atoms with E-state index in [1.807, 2.05) is 13.0 Å². The normalized spacial score (nSPS) is 15.1. The second-order valence-corrected chi connectivity index (χ2v) is 7.46. The highest BCUT2D eigenvalue weighted by molar-refractivity contribution is 6.00. The average Bonchev–Trinajstić information content (AvgIpc) is 3.34. The first-order valence-corrected chi connectivity index (χ1v) is 10.0. The van der Waals surface area contributed by atoms with Gasteiger partial charge in [-0.1, -0.05) is 11.6 Å². The molecule has 1 aliphatic rings. The predicted molar refractivity (Wildman–Crippen MR) is 116 cm³/mol. The molecular formula is C23H25N3O6. The summed E-state index contributed by atoms with van der Waals surface area (Å²) >= 11 is 0. The van der Waals surface area contributed by atoms with E-state index in [0.29, 0.717) is 45.3 Å². The van der Waals surface area contributed by atoms with E-state index in [2.05, 4.69) is 10.2 Å². The van der Waals surface area contributed by atoms with Crippen LogP contribution in [0.1, 0.15) is 33.2 Å². The number of aromatic nitrogens is 2. The van der Waals surface area contributed by atoms with Gasteiger partial charge in [0.2, 0.25) is 5.75 Å². The van der Waals surface area contributed by atoms with Crippen LogP contribution in [0.2, 0.25) is 0 Å². The molecule has 0 unspecified atom stereocenters. The minimum Gasteiger partial charge on any atom is -0.507 e. The molecule has 1 aliphatic heterocycles. The summed E-state index contributed by atoms with van der Waals surface area (Å²) in [5.41, 5.74) is 3.53. The molecule has 0 aliphatic carbocycles. The number of phenols is 1. The van der Waals surface area contributed by atoms with Crippen LogP contribution in [0.4, 0.5) is 0 Å². The number of hydrogen-bond acceptors (Lipinski definition) is 7. The average molecular weight is 439 g/mol. The number of rotatable bonds is 7. The molecule has 9 nitrogen and oxygen atoms in total. The Morgan fingerprint density at radius 1 is 1.09 bits per heavy atom. The first kappa shape index (κ1) is 21.5. The second kappa shape index (κ2) is 8.43. The largest absolute Gasteiger partial charge is 0.507 e. The number of H-pyrrole nitrogens is 1. The Balaban J connectivity index is 1.96. The van der Waals surface area contributed by atoms with Crippen LogP contribution in [0.3, 0.4) is 0 Å². The lowest BCUT2D eigenvalue weighted by Gasteiger charge is -2.27. The van der Waals surface area contributed by atoms with E-state index in [9.17, 15) is 15.0 Å². The number of aliphatic hydroxyl groups is 1. The zero-order chi connectivity index (χ0) is 23.0. The third-order valence-electron chi connectivity index (χ3n) is 5.61. The van der Waals surface area contributed by atoms with Crippen molar-refractivity contribution in [2.75, 3.05) is 34.5 Å². The van der Waals surface area contributed by atoms with E-state index in [1.54, 1.807) is 29.2 Å². The summed E-state index contributed by atoms with van der Waals surface area (Å²) < 4.78 is 16.4. The van der Waals surface area contributed by atoms with Gasteiger partial charge in [0.15, 0.2) is 11.5 Å². The van der Waals surface area contributed by atoms with Crippen molar-refractivity contribution >= 4 is 5.91 Å². The lowest BCUT2D eigenvalue weighted by molar-refractivity contribution is 0.0706. The molecule has 2 heterocycles. The highest BCUT2D eigenvalue weighted by Gasteiger charge is 2.43. The molecule has 1 atom stereocenters. The van der Waals surface area contributed by atoms with E-state index in [0.717, 1.165) is 5.56 Å². The van der Waals surface area contributed by atoms with Crippen molar-refractivity contribution in [3.63, 3.8) is 0 Å². The number of β-amino-alcohol motifs (C(OH)–C–C–N with tert-alkyl or cyclic N) is 1. The van der Waals surface area contributed by atoms with Gasteiger partial charge in [0, 0.05) is 17.7 Å². The van der Waals surface area contributed by atoms with Gasteiger partial charge in [-0.3, -0.25) is 9.89 Å². The van der Waals surface area contributed by atoms with Crippen LogP contribution in [-0.4, -0.2) is 65.7 Å². The van der Waals surface area contributed by atoms with Gasteiger partial charge in [0.05, 0.1) is 34.0 Å². The SMILES string of the molecule is COc1cc([C@H]2c3c(-c4cc(C)ccc4O)n[nH]c3C(=O)N2CCO)cc(OC)c1OC. The van der Waals surface area contributed by atoms with Gasteiger partial charge in [-0.2, -0.15) is 5.10 Å². The van der Waals surface area contributed by atoms with Gasteiger partial charge < -0.3 is 29.3 Å². The van der Waals surface area contributed by atoms with Crippen LogP contribution < -0.4 is 14.2 Å². The maximum Gasteiger partial charge on any atom is 0.273 e. The first-order valence-electron chi connectivity index (χ1n) is 10.0. The third kappa shape index (κ3) is 3.31. The summed E-state index contributed by atoms with van der Waals surface area (Å²) in [6.45, 7) is 1.81. The molecule has 1 aromatic heterocycles. The Morgan fingerprint density at radius 2 is 1.78 bits per heavy atom. The zero-order valence-electron chi connectivity index (χ0n) is 18.3. The van der Waals surface area contributed by atoms with Gasteiger partial charge >= 0.3 is 0 Å². The Bertz CT molecular complexity index is 1150. The topological polar surface area (TPSA) is 117 Å². The number of fused-ring (bicyclic) bond motifs is 1. The highest BCUT2D eigenvalue weighted by Crippen LogP contribution is 2.48. The van der Waals surface area contributed by atoms with Crippen molar-refractivity contribution in [1.29, 1.82) is 0 Å². The van der Waals surface area contributed by atoms with Gasteiger partial charge in [-0.25, -0.2) is 0 Å². The lowest BCUT2D eigenvalue weighted by atomic mass is 9.94. The maximum atomic E-state index is 13.2. The van der Waals surface area contributed by atoms with Crippen molar-refractivity contribution in [1.82, 2.24) is 15.1 Å².